The number of hydrogen-bond donors (Lipinski definition) is 0. The molecule has 3 fully saturated rings. The Balaban J connectivity index is 1.41. The quantitative estimate of drug-likeness (QED) is 0.135. The first-order valence-corrected chi connectivity index (χ1v) is 13.9. The van der Waals surface area contributed by atoms with Gasteiger partial charge in [-0.3, -0.25) is 4.98 Å². The zero-order chi connectivity index (χ0) is 25.7. The first-order chi connectivity index (χ1) is 18.7. The second-order valence-electron chi connectivity index (χ2n) is 11.4. The van der Waals surface area contributed by atoms with Crippen LogP contribution in [0, 0.1) is 11.8 Å². The van der Waals surface area contributed by atoms with Gasteiger partial charge in [0.15, 0.2) is 0 Å². The predicted octanol–water partition coefficient (Wildman–Crippen LogP) is 7.84. The first-order valence-electron chi connectivity index (χ1n) is 13.9. The Morgan fingerprint density at radius 3 is 2.34 bits per heavy atom. The van der Waals surface area contributed by atoms with Gasteiger partial charge in [0, 0.05) is 43.0 Å². The summed E-state index contributed by atoms with van der Waals surface area (Å²) in [5.41, 5.74) is 3.78. The van der Waals surface area contributed by atoms with E-state index in [-0.39, 0.29) is 6.10 Å². The van der Waals surface area contributed by atoms with Crippen LogP contribution in [0.2, 0.25) is 0 Å². The highest BCUT2D eigenvalue weighted by Crippen LogP contribution is 2.49. The van der Waals surface area contributed by atoms with E-state index in [4.69, 9.17) is 4.74 Å². The van der Waals surface area contributed by atoms with Gasteiger partial charge in [0.1, 0.15) is 18.7 Å². The Labute approximate surface area is 225 Å². The Kier molecular flexibility index (Phi) is 5.79. The molecule has 0 aliphatic carbocycles. The summed E-state index contributed by atoms with van der Waals surface area (Å²) in [6.07, 6.45) is 6.61. The molecule has 3 nitrogen and oxygen atoms in total. The molecule has 5 aromatic rings. The molecule has 0 N–H and O–H groups in total. The van der Waals surface area contributed by atoms with Crippen LogP contribution in [-0.2, 0) is 11.3 Å². The highest BCUT2D eigenvalue weighted by atomic mass is 16.5. The number of pyridine rings is 1. The molecule has 0 saturated carbocycles. The predicted molar refractivity (Wildman–Crippen MR) is 157 cm³/mol. The summed E-state index contributed by atoms with van der Waals surface area (Å²) in [4.78, 5) is 4.66. The van der Waals surface area contributed by atoms with Crippen molar-refractivity contribution in [3.8, 4) is 0 Å². The number of benzene rings is 4. The molecule has 4 aromatic carbocycles. The van der Waals surface area contributed by atoms with E-state index in [9.17, 15) is 0 Å². The zero-order valence-corrected chi connectivity index (χ0v) is 22.1. The topological polar surface area (TPSA) is 22.1 Å². The Morgan fingerprint density at radius 2 is 1.63 bits per heavy atom. The number of aromatic nitrogens is 1. The van der Waals surface area contributed by atoms with E-state index in [1.165, 1.54) is 51.0 Å². The number of nitrogens with zero attached hydrogens (tertiary/aromatic N) is 2. The molecular formula is C35H35N2O+. The number of methoxy groups -OCH3 is 1. The van der Waals surface area contributed by atoms with Crippen molar-refractivity contribution < 1.29 is 9.22 Å². The highest BCUT2D eigenvalue weighted by molar-refractivity contribution is 6.02. The molecule has 3 aliphatic rings. The number of ether oxygens (including phenoxy) is 1. The molecule has 4 heterocycles. The van der Waals surface area contributed by atoms with E-state index in [0.29, 0.717) is 17.9 Å². The molecule has 3 heteroatoms. The van der Waals surface area contributed by atoms with Gasteiger partial charge in [-0.1, -0.05) is 72.8 Å². The summed E-state index contributed by atoms with van der Waals surface area (Å²) in [6, 6.07) is 31.3. The number of rotatable bonds is 6. The fourth-order valence-corrected chi connectivity index (χ4v) is 7.81. The summed E-state index contributed by atoms with van der Waals surface area (Å²) >= 11 is 0. The molecule has 5 atom stereocenters. The Bertz CT molecular complexity index is 1600. The molecule has 3 saturated heterocycles. The van der Waals surface area contributed by atoms with Gasteiger partial charge in [-0.15, -0.1) is 6.58 Å². The smallest absolute Gasteiger partial charge is 0.135 e. The van der Waals surface area contributed by atoms with Crippen molar-refractivity contribution in [1.29, 1.82) is 0 Å². The number of para-hydroxylation sites is 1. The number of quaternary nitrogens is 1. The molecule has 0 unspecified atom stereocenters. The molecule has 0 radical (unpaired) electrons. The lowest BCUT2D eigenvalue weighted by atomic mass is 9.71. The Morgan fingerprint density at radius 1 is 0.947 bits per heavy atom. The van der Waals surface area contributed by atoms with E-state index in [1.54, 1.807) is 0 Å². The van der Waals surface area contributed by atoms with E-state index in [2.05, 4.69) is 103 Å². The second-order valence-corrected chi connectivity index (χ2v) is 11.4. The number of piperidine rings is 3. The summed E-state index contributed by atoms with van der Waals surface area (Å²) in [6.45, 7) is 7.59. The van der Waals surface area contributed by atoms with Gasteiger partial charge >= 0.3 is 0 Å². The van der Waals surface area contributed by atoms with Gasteiger partial charge < -0.3 is 9.22 Å². The van der Waals surface area contributed by atoms with Crippen LogP contribution in [0.3, 0.4) is 0 Å². The summed E-state index contributed by atoms with van der Waals surface area (Å²) in [5, 5.41) is 6.61. The third-order valence-corrected chi connectivity index (χ3v) is 9.62. The van der Waals surface area contributed by atoms with Crippen molar-refractivity contribution in [3.05, 3.63) is 115 Å². The molecule has 2 bridgehead atoms. The minimum atomic E-state index is 0.0118. The van der Waals surface area contributed by atoms with Crippen LogP contribution < -0.4 is 0 Å². The molecule has 0 amide bonds. The number of hydrogen-bond acceptors (Lipinski definition) is 2. The fraction of sp³-hybridized carbons (Fsp3) is 0.286. The number of fused-ring (bicyclic) bond motifs is 6. The second kappa shape index (κ2) is 9.34. The zero-order valence-electron chi connectivity index (χ0n) is 22.1. The molecular weight excluding hydrogens is 464 g/mol. The molecule has 3 aliphatic heterocycles. The standard InChI is InChI=1S/C35H35N2O/c1-3-24-22-37(23-32-28-12-6-4-10-26(28)20-27-11-5-7-13-29(27)32)19-17-25(24)21-34(37)35(38-2)31-16-18-36-33-15-9-8-14-30(31)33/h3-16,18,20,24-25,34-35H,1,17,19,21-23H2,2H3/q+1/t24-,25-,34-,35+,37-/m0/s1. The van der Waals surface area contributed by atoms with Crippen LogP contribution in [0.5, 0.6) is 0 Å². The van der Waals surface area contributed by atoms with Gasteiger partial charge in [-0.25, -0.2) is 0 Å². The minimum Gasteiger partial charge on any atom is -0.370 e. The highest BCUT2D eigenvalue weighted by Gasteiger charge is 2.54. The summed E-state index contributed by atoms with van der Waals surface area (Å²) in [7, 11) is 1.90. The van der Waals surface area contributed by atoms with E-state index >= 15 is 0 Å². The maximum absolute atomic E-state index is 6.47. The molecule has 190 valence electrons. The normalized spacial score (nSPS) is 25.7. The fourth-order valence-electron chi connectivity index (χ4n) is 7.81. The maximum atomic E-state index is 6.47. The summed E-state index contributed by atoms with van der Waals surface area (Å²) in [5.74, 6) is 1.22. The van der Waals surface area contributed by atoms with Crippen molar-refractivity contribution in [3.63, 3.8) is 0 Å². The van der Waals surface area contributed by atoms with Gasteiger partial charge in [0.25, 0.3) is 0 Å². The third kappa shape index (κ3) is 3.68. The molecule has 38 heavy (non-hydrogen) atoms. The van der Waals surface area contributed by atoms with Crippen LogP contribution in [0.15, 0.2) is 104 Å². The van der Waals surface area contributed by atoms with Crippen LogP contribution in [0.25, 0.3) is 32.4 Å². The maximum Gasteiger partial charge on any atom is 0.135 e. The average molecular weight is 500 g/mol. The van der Waals surface area contributed by atoms with E-state index in [0.717, 1.165) is 29.5 Å². The van der Waals surface area contributed by atoms with Crippen LogP contribution in [-0.4, -0.2) is 35.7 Å². The lowest BCUT2D eigenvalue weighted by Crippen LogP contribution is -2.67. The lowest BCUT2D eigenvalue weighted by Gasteiger charge is -2.58. The van der Waals surface area contributed by atoms with E-state index in [1.807, 2.05) is 13.3 Å². The van der Waals surface area contributed by atoms with Crippen LogP contribution >= 0.6 is 0 Å². The van der Waals surface area contributed by atoms with Gasteiger partial charge in [0.2, 0.25) is 0 Å². The van der Waals surface area contributed by atoms with Crippen LogP contribution in [0.1, 0.15) is 30.1 Å². The van der Waals surface area contributed by atoms with Crippen molar-refractivity contribution in [2.24, 2.45) is 11.8 Å². The third-order valence-electron chi connectivity index (χ3n) is 9.62. The van der Waals surface area contributed by atoms with Crippen molar-refractivity contribution in [1.82, 2.24) is 4.98 Å². The molecule has 1 aromatic heterocycles. The van der Waals surface area contributed by atoms with Gasteiger partial charge in [-0.2, -0.15) is 0 Å². The lowest BCUT2D eigenvalue weighted by molar-refractivity contribution is -0.984. The average Bonchev–Trinajstić information content (AvgIpc) is 2.98. The van der Waals surface area contributed by atoms with Crippen LogP contribution in [0.4, 0.5) is 0 Å². The van der Waals surface area contributed by atoms with E-state index < -0.39 is 0 Å². The monoisotopic (exact) mass is 499 g/mol. The SMILES string of the molecule is C=C[C@H]1C[N@+]2(Cc3c4ccccc4cc4ccccc34)CC[C@H]1C[C@H]2[C@H](OC)c1ccnc2ccccc12. The largest absolute Gasteiger partial charge is 0.370 e. The Hall–Kier alpha value is -3.53. The van der Waals surface area contributed by atoms with Gasteiger partial charge in [0.05, 0.1) is 18.6 Å². The molecule has 0 spiro atoms. The van der Waals surface area contributed by atoms with Gasteiger partial charge in [-0.05, 0) is 51.2 Å². The van der Waals surface area contributed by atoms with Crippen molar-refractivity contribution >= 4 is 32.4 Å². The first kappa shape index (κ1) is 23.6. The van der Waals surface area contributed by atoms with Crippen molar-refractivity contribution in [2.75, 3.05) is 20.2 Å². The minimum absolute atomic E-state index is 0.0118. The molecule has 8 rings (SSSR count). The summed E-state index contributed by atoms with van der Waals surface area (Å²) < 4.78 is 7.52. The van der Waals surface area contributed by atoms with Crippen molar-refractivity contribution in [2.45, 2.75) is 31.5 Å².